The van der Waals surface area contributed by atoms with Gasteiger partial charge >= 0.3 is 0 Å². The minimum absolute atomic E-state index is 0.0525. The van der Waals surface area contributed by atoms with Crippen LogP contribution in [0.25, 0.3) is 33.0 Å². The summed E-state index contributed by atoms with van der Waals surface area (Å²) in [5.41, 5.74) is 0.963. The van der Waals surface area contributed by atoms with Gasteiger partial charge in [-0.2, -0.15) is 5.10 Å². The molecular weight excluding hydrogens is 518 g/mol. The number of nitrogens with one attached hydrogen (secondary N) is 1. The smallest absolute Gasteiger partial charge is 0.262 e. The maximum atomic E-state index is 15.4. The molecule has 6 rings (SSSR count). The van der Waals surface area contributed by atoms with Gasteiger partial charge in [-0.15, -0.1) is 0 Å². The van der Waals surface area contributed by atoms with Crippen LogP contribution in [0.1, 0.15) is 48.0 Å². The molecule has 10 heteroatoms. The molecule has 0 radical (unpaired) electrons. The monoisotopic (exact) mass is 546 g/mol. The van der Waals surface area contributed by atoms with Crippen LogP contribution in [0.2, 0.25) is 0 Å². The van der Waals surface area contributed by atoms with Crippen molar-refractivity contribution >= 4 is 27.8 Å². The average Bonchev–Trinajstić information content (AvgIpc) is 3.51. The lowest BCUT2D eigenvalue weighted by Gasteiger charge is -2.22. The van der Waals surface area contributed by atoms with Gasteiger partial charge in [0, 0.05) is 30.4 Å². The van der Waals surface area contributed by atoms with Crippen molar-refractivity contribution in [2.24, 2.45) is 7.05 Å². The zero-order valence-corrected chi connectivity index (χ0v) is 21.9. The molecule has 3 heterocycles. The van der Waals surface area contributed by atoms with Gasteiger partial charge in [-0.05, 0) is 48.2 Å². The Kier molecular flexibility index (Phi) is 6.71. The lowest BCUT2D eigenvalue weighted by atomic mass is 9.99. The standard InChI is InChI=1S/C30H28F2N4O4/c1-35-14-20-18(6-5-8-25(20)34-35)17-12-23(31)21(24(32)13-17)15-36-16-22(28-19(30(36)39)10-11-40-28)29(38)33-26-7-3-2-4-9-27(26)37/h5-6,8,10-14,16,26-27,37H,2-4,7,9,15H2,1H3,(H,33,38)/t26-,27-/m0/s1. The number of benzene rings is 2. The van der Waals surface area contributed by atoms with Crippen LogP contribution in [0.15, 0.2) is 64.3 Å². The first-order valence-electron chi connectivity index (χ1n) is 13.3. The van der Waals surface area contributed by atoms with Crippen LogP contribution >= 0.6 is 0 Å². The lowest BCUT2D eigenvalue weighted by molar-refractivity contribution is 0.0818. The van der Waals surface area contributed by atoms with Crippen LogP contribution in [-0.2, 0) is 13.6 Å². The van der Waals surface area contributed by atoms with Gasteiger partial charge < -0.3 is 19.4 Å². The molecule has 1 aliphatic rings. The summed E-state index contributed by atoms with van der Waals surface area (Å²) in [6.45, 7) is -0.429. The van der Waals surface area contributed by atoms with Crippen molar-refractivity contribution in [3.63, 3.8) is 0 Å². The highest BCUT2D eigenvalue weighted by molar-refractivity contribution is 6.04. The Labute approximate surface area is 227 Å². The summed E-state index contributed by atoms with van der Waals surface area (Å²) in [6, 6.07) is 8.83. The Bertz CT molecular complexity index is 1780. The fourth-order valence-corrected chi connectivity index (χ4v) is 5.59. The second-order valence-corrected chi connectivity index (χ2v) is 10.4. The van der Waals surface area contributed by atoms with Crippen LogP contribution in [0, 0.1) is 11.6 Å². The highest BCUT2D eigenvalue weighted by Gasteiger charge is 2.26. The SMILES string of the molecule is Cn1cc2c(-c3cc(F)c(Cn4cc(C(=O)N[C@H]5CCCCC[C@@H]5O)c5occc5c4=O)c(F)c3)cccc2n1. The summed E-state index contributed by atoms with van der Waals surface area (Å²) in [5, 5.41) is 18.5. The Morgan fingerprint density at radius 1 is 1.10 bits per heavy atom. The van der Waals surface area contributed by atoms with Crippen molar-refractivity contribution in [3.05, 3.63) is 88.2 Å². The molecule has 2 aromatic carbocycles. The summed E-state index contributed by atoms with van der Waals surface area (Å²) in [5.74, 6) is -2.16. The van der Waals surface area contributed by atoms with Crippen LogP contribution in [0.5, 0.6) is 0 Å². The quantitative estimate of drug-likeness (QED) is 0.306. The number of aryl methyl sites for hydroxylation is 1. The average molecular weight is 547 g/mol. The summed E-state index contributed by atoms with van der Waals surface area (Å²) in [6.07, 6.45) is 7.62. The number of carbonyl (C=O) groups is 1. The molecule has 1 saturated carbocycles. The molecule has 2 N–H and O–H groups in total. The van der Waals surface area contributed by atoms with Gasteiger partial charge in [0.05, 0.1) is 41.4 Å². The fraction of sp³-hybridized carbons (Fsp3) is 0.300. The van der Waals surface area contributed by atoms with E-state index in [1.54, 1.807) is 30.1 Å². The largest absolute Gasteiger partial charge is 0.463 e. The Balaban J connectivity index is 1.35. The summed E-state index contributed by atoms with van der Waals surface area (Å²) >= 11 is 0. The van der Waals surface area contributed by atoms with Gasteiger partial charge in [-0.1, -0.05) is 31.4 Å². The fourth-order valence-electron chi connectivity index (χ4n) is 5.59. The van der Waals surface area contributed by atoms with E-state index in [0.29, 0.717) is 29.5 Å². The third-order valence-electron chi connectivity index (χ3n) is 7.67. The van der Waals surface area contributed by atoms with E-state index in [0.717, 1.165) is 29.2 Å². The molecular formula is C30H28F2N4O4. The molecule has 0 aliphatic heterocycles. The normalized spacial score (nSPS) is 17.8. The number of aromatic nitrogens is 3. The Morgan fingerprint density at radius 3 is 2.67 bits per heavy atom. The number of aliphatic hydroxyl groups excluding tert-OH is 1. The Hall–Kier alpha value is -4.31. The van der Waals surface area contributed by atoms with Gasteiger partial charge in [0.15, 0.2) is 5.58 Å². The van der Waals surface area contributed by atoms with Gasteiger partial charge in [-0.3, -0.25) is 14.3 Å². The first kappa shape index (κ1) is 25.9. The number of furan rings is 1. The van der Waals surface area contributed by atoms with E-state index in [9.17, 15) is 14.7 Å². The van der Waals surface area contributed by atoms with Gasteiger partial charge in [0.1, 0.15) is 11.6 Å². The maximum Gasteiger partial charge on any atom is 0.262 e. The molecule has 40 heavy (non-hydrogen) atoms. The van der Waals surface area contributed by atoms with Crippen molar-refractivity contribution < 1.29 is 23.1 Å². The number of hydrogen-bond donors (Lipinski definition) is 2. The van der Waals surface area contributed by atoms with Crippen molar-refractivity contribution in [3.8, 4) is 11.1 Å². The molecule has 1 aliphatic carbocycles. The van der Waals surface area contributed by atoms with Crippen molar-refractivity contribution in [2.45, 2.75) is 50.8 Å². The predicted molar refractivity (Wildman–Crippen MR) is 146 cm³/mol. The molecule has 8 nitrogen and oxygen atoms in total. The van der Waals surface area contributed by atoms with E-state index in [-0.39, 0.29) is 22.1 Å². The number of aliphatic hydroxyl groups is 1. The lowest BCUT2D eigenvalue weighted by Crippen LogP contribution is -2.43. The number of fused-ring (bicyclic) bond motifs is 2. The first-order chi connectivity index (χ1) is 19.3. The van der Waals surface area contributed by atoms with Crippen LogP contribution in [0.4, 0.5) is 8.78 Å². The second kappa shape index (κ2) is 10.3. The van der Waals surface area contributed by atoms with Gasteiger partial charge in [0.2, 0.25) is 0 Å². The van der Waals surface area contributed by atoms with E-state index >= 15 is 8.78 Å². The third-order valence-corrected chi connectivity index (χ3v) is 7.67. The molecule has 0 saturated heterocycles. The molecule has 206 valence electrons. The number of nitrogens with zero attached hydrogens (tertiary/aromatic N) is 3. The molecule has 0 spiro atoms. The van der Waals surface area contributed by atoms with Crippen LogP contribution < -0.4 is 10.9 Å². The predicted octanol–water partition coefficient (Wildman–Crippen LogP) is 4.90. The van der Waals surface area contributed by atoms with Crippen LogP contribution in [-0.4, -0.2) is 37.5 Å². The molecule has 5 aromatic rings. The molecule has 1 amide bonds. The van der Waals surface area contributed by atoms with Gasteiger partial charge in [-0.25, -0.2) is 8.78 Å². The summed E-state index contributed by atoms with van der Waals surface area (Å²) in [4.78, 5) is 26.5. The topological polar surface area (TPSA) is 102 Å². The van der Waals surface area contributed by atoms with E-state index in [2.05, 4.69) is 10.4 Å². The number of pyridine rings is 1. The maximum absolute atomic E-state index is 15.4. The van der Waals surface area contributed by atoms with Gasteiger partial charge in [0.25, 0.3) is 11.5 Å². The highest BCUT2D eigenvalue weighted by Crippen LogP contribution is 2.31. The van der Waals surface area contributed by atoms with Crippen molar-refractivity contribution in [1.29, 1.82) is 0 Å². The molecule has 3 aromatic heterocycles. The highest BCUT2D eigenvalue weighted by atomic mass is 19.1. The number of carbonyl (C=O) groups excluding carboxylic acids is 1. The van der Waals surface area contributed by atoms with E-state index in [1.807, 2.05) is 6.07 Å². The zero-order chi connectivity index (χ0) is 28.0. The number of halogens is 2. The summed E-state index contributed by atoms with van der Waals surface area (Å²) in [7, 11) is 1.77. The summed E-state index contributed by atoms with van der Waals surface area (Å²) < 4.78 is 39.0. The molecule has 0 unspecified atom stereocenters. The number of hydrogen-bond acceptors (Lipinski definition) is 5. The van der Waals surface area contributed by atoms with E-state index in [4.69, 9.17) is 4.42 Å². The van der Waals surface area contributed by atoms with Crippen LogP contribution in [0.3, 0.4) is 0 Å². The minimum atomic E-state index is -0.817. The molecule has 0 bridgehead atoms. The van der Waals surface area contributed by atoms with E-state index < -0.39 is 41.8 Å². The number of rotatable bonds is 5. The minimum Gasteiger partial charge on any atom is -0.463 e. The third kappa shape index (κ3) is 4.68. The van der Waals surface area contributed by atoms with Crippen molar-refractivity contribution in [1.82, 2.24) is 19.7 Å². The molecule has 2 atom stereocenters. The van der Waals surface area contributed by atoms with Crippen molar-refractivity contribution in [2.75, 3.05) is 0 Å². The second-order valence-electron chi connectivity index (χ2n) is 10.4. The molecule has 1 fully saturated rings. The zero-order valence-electron chi connectivity index (χ0n) is 21.9. The Morgan fingerprint density at radius 2 is 1.88 bits per heavy atom. The first-order valence-corrected chi connectivity index (χ1v) is 13.3. The number of amides is 1. The van der Waals surface area contributed by atoms with E-state index in [1.165, 1.54) is 30.7 Å².